The number of hydrogen-bond donors (Lipinski definition) is 1. The Morgan fingerprint density at radius 1 is 0.947 bits per heavy atom. The van der Waals surface area contributed by atoms with Gasteiger partial charge < -0.3 is 4.98 Å². The van der Waals surface area contributed by atoms with Crippen molar-refractivity contribution >= 4 is 10.9 Å². The number of rotatable bonds is 1. The first-order valence-corrected chi connectivity index (χ1v) is 6.27. The van der Waals surface area contributed by atoms with Gasteiger partial charge in [0, 0.05) is 16.6 Å². The second-order valence-corrected chi connectivity index (χ2v) is 4.97. The van der Waals surface area contributed by atoms with Gasteiger partial charge in [0.25, 0.3) is 0 Å². The molecule has 1 N–H and O–H groups in total. The highest BCUT2D eigenvalue weighted by Gasteiger charge is 2.05. The molecule has 0 fully saturated rings. The molecule has 0 unspecified atom stereocenters. The fourth-order valence-corrected chi connectivity index (χ4v) is 2.49. The molecule has 2 aromatic carbocycles. The van der Waals surface area contributed by atoms with E-state index in [2.05, 4.69) is 49.2 Å². The lowest BCUT2D eigenvalue weighted by atomic mass is 10.0. The summed E-state index contributed by atoms with van der Waals surface area (Å²) in [6.45, 7) is 4.21. The van der Waals surface area contributed by atoms with Crippen LogP contribution in [0.1, 0.15) is 16.7 Å². The van der Waals surface area contributed by atoms with E-state index >= 15 is 0 Å². The van der Waals surface area contributed by atoms with Crippen molar-refractivity contribution < 1.29 is 0 Å². The maximum absolute atomic E-state index is 8.93. The van der Waals surface area contributed by atoms with Crippen molar-refractivity contribution in [2.45, 2.75) is 13.8 Å². The van der Waals surface area contributed by atoms with Crippen molar-refractivity contribution in [3.8, 4) is 17.3 Å². The summed E-state index contributed by atoms with van der Waals surface area (Å²) >= 11 is 0. The third-order valence-electron chi connectivity index (χ3n) is 3.28. The third-order valence-corrected chi connectivity index (χ3v) is 3.28. The number of nitrogens with one attached hydrogen (secondary N) is 1. The van der Waals surface area contributed by atoms with Gasteiger partial charge in [0.15, 0.2) is 0 Å². The lowest BCUT2D eigenvalue weighted by Crippen LogP contribution is -1.82. The van der Waals surface area contributed by atoms with Crippen LogP contribution >= 0.6 is 0 Å². The molecule has 0 aliphatic rings. The highest BCUT2D eigenvalue weighted by molar-refractivity contribution is 5.87. The minimum absolute atomic E-state index is 0.693. The van der Waals surface area contributed by atoms with Crippen molar-refractivity contribution in [3.05, 3.63) is 59.2 Å². The first-order valence-electron chi connectivity index (χ1n) is 6.27. The van der Waals surface area contributed by atoms with E-state index in [9.17, 15) is 0 Å². The molecule has 3 rings (SSSR count). The molecule has 0 radical (unpaired) electrons. The number of aromatic nitrogens is 1. The zero-order chi connectivity index (χ0) is 13.4. The first kappa shape index (κ1) is 11.6. The van der Waals surface area contributed by atoms with Gasteiger partial charge in [-0.05, 0) is 55.8 Å². The van der Waals surface area contributed by atoms with E-state index in [-0.39, 0.29) is 0 Å². The van der Waals surface area contributed by atoms with Crippen LogP contribution in [-0.4, -0.2) is 4.98 Å². The molecule has 2 heteroatoms. The van der Waals surface area contributed by atoms with Crippen LogP contribution in [0.2, 0.25) is 0 Å². The Hall–Kier alpha value is -2.53. The van der Waals surface area contributed by atoms with Gasteiger partial charge in [-0.2, -0.15) is 5.26 Å². The molecular weight excluding hydrogens is 232 g/mol. The first-order chi connectivity index (χ1) is 9.15. The summed E-state index contributed by atoms with van der Waals surface area (Å²) in [7, 11) is 0. The number of benzene rings is 2. The molecule has 0 aliphatic heterocycles. The Balaban J connectivity index is 2.18. The van der Waals surface area contributed by atoms with Crippen LogP contribution in [0.25, 0.3) is 22.2 Å². The van der Waals surface area contributed by atoms with Gasteiger partial charge in [-0.25, -0.2) is 0 Å². The molecule has 92 valence electrons. The Morgan fingerprint density at radius 2 is 1.68 bits per heavy atom. The number of nitrogens with zero attached hydrogens (tertiary/aromatic N) is 1. The Labute approximate surface area is 112 Å². The van der Waals surface area contributed by atoms with Gasteiger partial charge >= 0.3 is 0 Å². The summed E-state index contributed by atoms with van der Waals surface area (Å²) in [5.41, 5.74) is 6.55. The predicted molar refractivity (Wildman–Crippen MR) is 77.9 cm³/mol. The second kappa shape index (κ2) is 4.29. The number of aryl methyl sites for hydroxylation is 2. The SMILES string of the molecule is Cc1cc(C)cc(-c2cc3cc(C#N)ccc3[nH]2)c1. The number of aromatic amines is 1. The van der Waals surface area contributed by atoms with Crippen molar-refractivity contribution in [2.24, 2.45) is 0 Å². The van der Waals surface area contributed by atoms with Gasteiger partial charge in [0.2, 0.25) is 0 Å². The van der Waals surface area contributed by atoms with E-state index in [1.54, 1.807) is 0 Å². The van der Waals surface area contributed by atoms with E-state index < -0.39 is 0 Å². The quantitative estimate of drug-likeness (QED) is 0.682. The Kier molecular flexibility index (Phi) is 2.61. The minimum Gasteiger partial charge on any atom is -0.355 e. The van der Waals surface area contributed by atoms with Crippen LogP contribution in [0.4, 0.5) is 0 Å². The van der Waals surface area contributed by atoms with Crippen LogP contribution in [0.5, 0.6) is 0 Å². The number of H-pyrrole nitrogens is 1. The molecule has 2 nitrogen and oxygen atoms in total. The molecule has 1 aromatic heterocycles. The molecular formula is C17H14N2. The van der Waals surface area contributed by atoms with Crippen LogP contribution in [0, 0.1) is 25.2 Å². The predicted octanol–water partition coefficient (Wildman–Crippen LogP) is 4.32. The molecule has 0 aliphatic carbocycles. The van der Waals surface area contributed by atoms with Crippen LogP contribution < -0.4 is 0 Å². The number of fused-ring (bicyclic) bond motifs is 1. The molecule has 1 heterocycles. The average Bonchev–Trinajstić information content (AvgIpc) is 2.80. The summed E-state index contributed by atoms with van der Waals surface area (Å²) in [5, 5.41) is 10.0. The molecule has 0 amide bonds. The maximum atomic E-state index is 8.93. The fraction of sp³-hybridized carbons (Fsp3) is 0.118. The van der Waals surface area contributed by atoms with E-state index in [0.29, 0.717) is 5.56 Å². The smallest absolute Gasteiger partial charge is 0.0991 e. The third kappa shape index (κ3) is 2.11. The monoisotopic (exact) mass is 246 g/mol. The van der Waals surface area contributed by atoms with Gasteiger partial charge in [0.05, 0.1) is 11.6 Å². The Morgan fingerprint density at radius 3 is 2.37 bits per heavy atom. The molecule has 0 atom stereocenters. The molecule has 0 spiro atoms. The standard InChI is InChI=1S/C17H14N2/c1-11-5-12(2)7-14(6-11)17-9-15-8-13(10-18)3-4-16(15)19-17/h3-9,19H,1-2H3. The molecule has 3 aromatic rings. The van der Waals surface area contributed by atoms with Crippen LogP contribution in [0.3, 0.4) is 0 Å². The van der Waals surface area contributed by atoms with Gasteiger partial charge in [-0.3, -0.25) is 0 Å². The van der Waals surface area contributed by atoms with Gasteiger partial charge in [-0.15, -0.1) is 0 Å². The summed E-state index contributed by atoms with van der Waals surface area (Å²) in [5.74, 6) is 0. The zero-order valence-electron chi connectivity index (χ0n) is 11.0. The second-order valence-electron chi connectivity index (χ2n) is 4.97. The van der Waals surface area contributed by atoms with Crippen molar-refractivity contribution in [1.82, 2.24) is 4.98 Å². The zero-order valence-corrected chi connectivity index (χ0v) is 11.0. The van der Waals surface area contributed by atoms with E-state index in [1.165, 1.54) is 16.7 Å². The van der Waals surface area contributed by atoms with E-state index in [1.807, 2.05) is 18.2 Å². The highest BCUT2D eigenvalue weighted by Crippen LogP contribution is 2.26. The molecule has 0 bridgehead atoms. The van der Waals surface area contributed by atoms with Crippen molar-refractivity contribution in [1.29, 1.82) is 5.26 Å². The largest absolute Gasteiger partial charge is 0.355 e. The summed E-state index contributed by atoms with van der Waals surface area (Å²) in [4.78, 5) is 3.41. The average molecular weight is 246 g/mol. The highest BCUT2D eigenvalue weighted by atomic mass is 14.7. The van der Waals surface area contributed by atoms with Crippen LogP contribution in [-0.2, 0) is 0 Å². The molecule has 0 saturated carbocycles. The summed E-state index contributed by atoms with van der Waals surface area (Å²) in [6, 6.07) is 16.5. The normalized spacial score (nSPS) is 10.6. The van der Waals surface area contributed by atoms with Crippen molar-refractivity contribution in [2.75, 3.05) is 0 Å². The summed E-state index contributed by atoms with van der Waals surface area (Å²) < 4.78 is 0. The maximum Gasteiger partial charge on any atom is 0.0991 e. The van der Waals surface area contributed by atoms with E-state index in [0.717, 1.165) is 16.6 Å². The van der Waals surface area contributed by atoms with E-state index in [4.69, 9.17) is 5.26 Å². The lowest BCUT2D eigenvalue weighted by molar-refractivity contribution is 1.36. The minimum atomic E-state index is 0.693. The topological polar surface area (TPSA) is 39.6 Å². The fourth-order valence-electron chi connectivity index (χ4n) is 2.49. The lowest BCUT2D eigenvalue weighted by Gasteiger charge is -2.02. The van der Waals surface area contributed by atoms with Crippen LogP contribution in [0.15, 0.2) is 42.5 Å². The molecule has 0 saturated heterocycles. The molecule has 19 heavy (non-hydrogen) atoms. The van der Waals surface area contributed by atoms with Gasteiger partial charge in [0.1, 0.15) is 0 Å². The number of nitriles is 1. The van der Waals surface area contributed by atoms with Gasteiger partial charge in [-0.1, -0.05) is 17.2 Å². The summed E-state index contributed by atoms with van der Waals surface area (Å²) in [6.07, 6.45) is 0. The van der Waals surface area contributed by atoms with Crippen molar-refractivity contribution in [3.63, 3.8) is 0 Å². The Bertz CT molecular complexity index is 783. The number of hydrogen-bond acceptors (Lipinski definition) is 1.